The summed E-state index contributed by atoms with van der Waals surface area (Å²) in [7, 11) is 0. The fourth-order valence-electron chi connectivity index (χ4n) is 1.79. The minimum atomic E-state index is -0.839. The Labute approximate surface area is 123 Å². The van der Waals surface area contributed by atoms with Crippen LogP contribution in [0.1, 0.15) is 32.4 Å². The van der Waals surface area contributed by atoms with Gasteiger partial charge in [0.1, 0.15) is 5.75 Å². The number of nitrogens with zero attached hydrogens (tertiary/aromatic N) is 3. The Morgan fingerprint density at radius 3 is 3.00 bits per heavy atom. The van der Waals surface area contributed by atoms with Crippen LogP contribution in [0, 0.1) is 0 Å². The molecule has 1 aromatic carbocycles. The molecule has 0 bridgehead atoms. The SMILES string of the molecule is CCC(C)Oc1cccc(-n2cc(CCC(=O)O)nn2)c1. The third-order valence-electron chi connectivity index (χ3n) is 3.13. The molecule has 112 valence electrons. The molecule has 6 nitrogen and oxygen atoms in total. The summed E-state index contributed by atoms with van der Waals surface area (Å²) in [6, 6.07) is 7.59. The highest BCUT2D eigenvalue weighted by molar-refractivity contribution is 5.66. The molecule has 1 heterocycles. The zero-order chi connectivity index (χ0) is 15.2. The largest absolute Gasteiger partial charge is 0.491 e. The molecule has 1 atom stereocenters. The van der Waals surface area contributed by atoms with E-state index in [-0.39, 0.29) is 12.5 Å². The van der Waals surface area contributed by atoms with Crippen LogP contribution < -0.4 is 4.74 Å². The average molecular weight is 289 g/mol. The quantitative estimate of drug-likeness (QED) is 0.847. The van der Waals surface area contributed by atoms with Crippen LogP contribution in [0.2, 0.25) is 0 Å². The lowest BCUT2D eigenvalue weighted by atomic mass is 10.2. The van der Waals surface area contributed by atoms with Gasteiger partial charge in [-0.1, -0.05) is 18.2 Å². The molecular weight excluding hydrogens is 270 g/mol. The van der Waals surface area contributed by atoms with Gasteiger partial charge in [-0.15, -0.1) is 5.10 Å². The van der Waals surface area contributed by atoms with Crippen molar-refractivity contribution in [2.24, 2.45) is 0 Å². The van der Waals surface area contributed by atoms with Crippen molar-refractivity contribution in [3.05, 3.63) is 36.2 Å². The van der Waals surface area contributed by atoms with E-state index in [4.69, 9.17) is 9.84 Å². The highest BCUT2D eigenvalue weighted by atomic mass is 16.5. The van der Waals surface area contributed by atoms with Crippen molar-refractivity contribution in [1.29, 1.82) is 0 Å². The minimum Gasteiger partial charge on any atom is -0.491 e. The van der Waals surface area contributed by atoms with Gasteiger partial charge in [-0.25, -0.2) is 4.68 Å². The highest BCUT2D eigenvalue weighted by Gasteiger charge is 2.07. The molecule has 0 radical (unpaired) electrons. The van der Waals surface area contributed by atoms with Gasteiger partial charge in [-0.2, -0.15) is 0 Å². The molecule has 1 N–H and O–H groups in total. The number of aliphatic carboxylic acids is 1. The van der Waals surface area contributed by atoms with Crippen LogP contribution in [-0.4, -0.2) is 32.2 Å². The van der Waals surface area contributed by atoms with Crippen molar-refractivity contribution in [2.75, 3.05) is 0 Å². The first kappa shape index (κ1) is 15.0. The van der Waals surface area contributed by atoms with E-state index in [0.29, 0.717) is 12.1 Å². The maximum Gasteiger partial charge on any atom is 0.303 e. The normalized spacial score (nSPS) is 12.1. The number of hydrogen-bond acceptors (Lipinski definition) is 4. The van der Waals surface area contributed by atoms with Gasteiger partial charge in [-0.05, 0) is 25.5 Å². The first-order valence-electron chi connectivity index (χ1n) is 6.98. The second kappa shape index (κ2) is 6.88. The van der Waals surface area contributed by atoms with Crippen molar-refractivity contribution in [3.8, 4) is 11.4 Å². The van der Waals surface area contributed by atoms with Crippen molar-refractivity contribution in [3.63, 3.8) is 0 Å². The van der Waals surface area contributed by atoms with Crippen LogP contribution in [0.5, 0.6) is 5.75 Å². The average Bonchev–Trinajstić information content (AvgIpc) is 2.94. The molecule has 2 aromatic rings. The summed E-state index contributed by atoms with van der Waals surface area (Å²) in [4.78, 5) is 10.6. The van der Waals surface area contributed by atoms with E-state index in [1.165, 1.54) is 0 Å². The number of carbonyl (C=O) groups is 1. The lowest BCUT2D eigenvalue weighted by Crippen LogP contribution is -2.09. The summed E-state index contributed by atoms with van der Waals surface area (Å²) < 4.78 is 7.40. The third-order valence-corrected chi connectivity index (χ3v) is 3.13. The number of carboxylic acid groups (broad SMARTS) is 1. The first-order valence-corrected chi connectivity index (χ1v) is 6.98. The Balaban J connectivity index is 2.11. The van der Waals surface area contributed by atoms with Gasteiger partial charge in [0.2, 0.25) is 0 Å². The molecule has 1 aromatic heterocycles. The van der Waals surface area contributed by atoms with Gasteiger partial charge in [0.25, 0.3) is 0 Å². The molecule has 6 heteroatoms. The summed E-state index contributed by atoms with van der Waals surface area (Å²) in [6.07, 6.45) is 3.26. The van der Waals surface area contributed by atoms with Gasteiger partial charge in [0, 0.05) is 12.5 Å². The number of carboxylic acids is 1. The van der Waals surface area contributed by atoms with Crippen LogP contribution in [0.4, 0.5) is 0 Å². The van der Waals surface area contributed by atoms with Gasteiger partial charge < -0.3 is 9.84 Å². The molecular formula is C15H19N3O3. The predicted molar refractivity (Wildman–Crippen MR) is 77.7 cm³/mol. The van der Waals surface area contributed by atoms with E-state index in [1.807, 2.05) is 31.2 Å². The van der Waals surface area contributed by atoms with Crippen molar-refractivity contribution in [2.45, 2.75) is 39.2 Å². The molecule has 1 unspecified atom stereocenters. The Morgan fingerprint density at radius 2 is 2.29 bits per heavy atom. The topological polar surface area (TPSA) is 77.2 Å². The Kier molecular flexibility index (Phi) is 4.92. The van der Waals surface area contributed by atoms with Crippen LogP contribution in [-0.2, 0) is 11.2 Å². The molecule has 0 aliphatic carbocycles. The van der Waals surface area contributed by atoms with E-state index < -0.39 is 5.97 Å². The molecule has 0 aliphatic rings. The Morgan fingerprint density at radius 1 is 1.48 bits per heavy atom. The van der Waals surface area contributed by atoms with Gasteiger partial charge in [0.05, 0.1) is 30.1 Å². The number of aromatic nitrogens is 3. The summed E-state index contributed by atoms with van der Waals surface area (Å²) >= 11 is 0. The zero-order valence-electron chi connectivity index (χ0n) is 12.2. The van der Waals surface area contributed by atoms with Gasteiger partial charge in [0.15, 0.2) is 0 Å². The zero-order valence-corrected chi connectivity index (χ0v) is 12.2. The summed E-state index contributed by atoms with van der Waals surface area (Å²) in [5.41, 5.74) is 1.50. The molecule has 0 saturated heterocycles. The van der Waals surface area contributed by atoms with E-state index in [9.17, 15) is 4.79 Å². The summed E-state index contributed by atoms with van der Waals surface area (Å²) in [6.45, 7) is 4.09. The molecule has 21 heavy (non-hydrogen) atoms. The smallest absolute Gasteiger partial charge is 0.303 e. The van der Waals surface area contributed by atoms with E-state index in [2.05, 4.69) is 17.2 Å². The Hall–Kier alpha value is -2.37. The van der Waals surface area contributed by atoms with E-state index >= 15 is 0 Å². The van der Waals surface area contributed by atoms with E-state index in [1.54, 1.807) is 10.9 Å². The minimum absolute atomic E-state index is 0.0514. The summed E-state index contributed by atoms with van der Waals surface area (Å²) in [5, 5.41) is 16.7. The molecule has 2 rings (SSSR count). The predicted octanol–water partition coefficient (Wildman–Crippen LogP) is 2.46. The second-order valence-electron chi connectivity index (χ2n) is 4.88. The standard InChI is InChI=1S/C15H19N3O3/c1-3-11(2)21-14-6-4-5-13(9-14)18-10-12(16-17-18)7-8-15(19)20/h4-6,9-11H,3,7-8H2,1-2H3,(H,19,20). The number of hydrogen-bond donors (Lipinski definition) is 1. The Bertz CT molecular complexity index is 610. The van der Waals surface area contributed by atoms with E-state index in [0.717, 1.165) is 17.9 Å². The van der Waals surface area contributed by atoms with Crippen LogP contribution in [0.15, 0.2) is 30.5 Å². The van der Waals surface area contributed by atoms with Gasteiger partial charge in [-0.3, -0.25) is 4.79 Å². The molecule has 0 aliphatic heterocycles. The number of aryl methyl sites for hydroxylation is 1. The van der Waals surface area contributed by atoms with Crippen LogP contribution in [0.25, 0.3) is 5.69 Å². The van der Waals surface area contributed by atoms with Crippen molar-refractivity contribution in [1.82, 2.24) is 15.0 Å². The van der Waals surface area contributed by atoms with Crippen LogP contribution >= 0.6 is 0 Å². The molecule has 0 fully saturated rings. The number of ether oxygens (including phenoxy) is 1. The lowest BCUT2D eigenvalue weighted by Gasteiger charge is -2.13. The maximum atomic E-state index is 10.6. The molecule has 0 saturated carbocycles. The van der Waals surface area contributed by atoms with Crippen molar-refractivity contribution < 1.29 is 14.6 Å². The third kappa shape index (κ3) is 4.30. The highest BCUT2D eigenvalue weighted by Crippen LogP contribution is 2.18. The maximum absolute atomic E-state index is 10.6. The lowest BCUT2D eigenvalue weighted by molar-refractivity contribution is -0.136. The number of rotatable bonds is 7. The van der Waals surface area contributed by atoms with Crippen LogP contribution in [0.3, 0.4) is 0 Å². The molecule has 0 amide bonds. The monoisotopic (exact) mass is 289 g/mol. The second-order valence-corrected chi connectivity index (χ2v) is 4.88. The number of benzene rings is 1. The van der Waals surface area contributed by atoms with Gasteiger partial charge >= 0.3 is 5.97 Å². The molecule has 0 spiro atoms. The van der Waals surface area contributed by atoms with Crippen molar-refractivity contribution >= 4 is 5.97 Å². The first-order chi connectivity index (χ1) is 10.1. The fraction of sp³-hybridized carbons (Fsp3) is 0.400. The summed E-state index contributed by atoms with van der Waals surface area (Å²) in [5.74, 6) is -0.0575. The fourth-order valence-corrected chi connectivity index (χ4v) is 1.79.